The minimum Gasteiger partial charge on any atom is -0.494 e. The van der Waals surface area contributed by atoms with E-state index in [9.17, 15) is 14.4 Å². The fourth-order valence-electron chi connectivity index (χ4n) is 4.20. The number of likely N-dealkylation sites (N-methyl/N-ethyl adjacent to an activating group) is 1. The Morgan fingerprint density at radius 3 is 2.58 bits per heavy atom. The van der Waals surface area contributed by atoms with Crippen LogP contribution in [0.4, 0.5) is 16.2 Å². The first-order valence-corrected chi connectivity index (χ1v) is 10.8. The van der Waals surface area contributed by atoms with Crippen LogP contribution in [-0.2, 0) is 9.59 Å². The monoisotopic (exact) mass is 445 g/mol. The second-order valence-corrected chi connectivity index (χ2v) is 8.70. The highest BCUT2D eigenvalue weighted by Gasteiger charge is 2.37. The number of barbiturate groups is 1. The van der Waals surface area contributed by atoms with E-state index in [0.717, 1.165) is 21.7 Å². The van der Waals surface area contributed by atoms with Crippen LogP contribution in [-0.4, -0.2) is 37.0 Å². The molecule has 0 atom stereocenters. The molecule has 0 radical (unpaired) electrons. The van der Waals surface area contributed by atoms with Gasteiger partial charge in [0.15, 0.2) is 0 Å². The molecule has 0 aliphatic carbocycles. The lowest BCUT2D eigenvalue weighted by atomic mass is 9.88. The van der Waals surface area contributed by atoms with E-state index in [0.29, 0.717) is 23.6 Å². The summed E-state index contributed by atoms with van der Waals surface area (Å²) in [7, 11) is 2.04. The van der Waals surface area contributed by atoms with Crippen LogP contribution in [0.2, 0.25) is 0 Å². The van der Waals surface area contributed by atoms with E-state index in [1.54, 1.807) is 24.3 Å². The minimum atomic E-state index is -0.788. The van der Waals surface area contributed by atoms with Crippen LogP contribution >= 0.6 is 0 Å². The average molecular weight is 446 g/mol. The van der Waals surface area contributed by atoms with Crippen molar-refractivity contribution in [3.8, 4) is 5.75 Å². The quantitative estimate of drug-likeness (QED) is 0.558. The summed E-state index contributed by atoms with van der Waals surface area (Å²) >= 11 is 0. The molecule has 0 bridgehead atoms. The number of nitrogens with zero attached hydrogens (tertiary/aromatic N) is 2. The highest BCUT2D eigenvalue weighted by molar-refractivity contribution is 6.39. The van der Waals surface area contributed by atoms with Crippen molar-refractivity contribution >= 4 is 40.9 Å². The standard InChI is InChI=1S/C26H27N3O4/c1-6-33-19-9-7-8-18(14-19)29-24(31)21(23(30)27-25(29)32)13-17-10-11-22-20(12-17)16(2)15-26(3,4)28(22)5/h7-15H,6H2,1-5H3,(H,27,30,32)/b21-13-. The second-order valence-electron chi connectivity index (χ2n) is 8.70. The van der Waals surface area contributed by atoms with Gasteiger partial charge in [0.2, 0.25) is 0 Å². The van der Waals surface area contributed by atoms with Crippen LogP contribution in [0.15, 0.2) is 54.1 Å². The SMILES string of the molecule is CCOc1cccc(N2C(=O)NC(=O)/C(=C/c3ccc4c(c3)C(C)=CC(C)(C)N4C)C2=O)c1. The molecule has 2 aromatic rings. The summed E-state index contributed by atoms with van der Waals surface area (Å²) in [4.78, 5) is 41.4. The molecule has 2 aliphatic rings. The van der Waals surface area contributed by atoms with Crippen LogP contribution < -0.4 is 19.9 Å². The average Bonchev–Trinajstić information content (AvgIpc) is 2.75. The number of hydrogen-bond donors (Lipinski definition) is 1. The first kappa shape index (κ1) is 22.3. The number of nitrogens with one attached hydrogen (secondary N) is 1. The molecule has 170 valence electrons. The van der Waals surface area contributed by atoms with E-state index >= 15 is 0 Å². The number of urea groups is 1. The second kappa shape index (κ2) is 8.24. The third-order valence-corrected chi connectivity index (χ3v) is 6.04. The van der Waals surface area contributed by atoms with Crippen molar-refractivity contribution in [1.82, 2.24) is 5.32 Å². The fraction of sp³-hybridized carbons (Fsp3) is 0.269. The van der Waals surface area contributed by atoms with Crippen molar-refractivity contribution < 1.29 is 19.1 Å². The smallest absolute Gasteiger partial charge is 0.335 e. The number of rotatable bonds is 4. The van der Waals surface area contributed by atoms with E-state index < -0.39 is 17.8 Å². The van der Waals surface area contributed by atoms with Gasteiger partial charge in [0, 0.05) is 24.4 Å². The van der Waals surface area contributed by atoms with Gasteiger partial charge in [0.25, 0.3) is 11.8 Å². The molecule has 7 nitrogen and oxygen atoms in total. The summed E-state index contributed by atoms with van der Waals surface area (Å²) < 4.78 is 5.48. The molecule has 1 N–H and O–H groups in total. The van der Waals surface area contributed by atoms with E-state index in [1.807, 2.05) is 32.2 Å². The van der Waals surface area contributed by atoms with Crippen LogP contribution in [0.3, 0.4) is 0 Å². The van der Waals surface area contributed by atoms with E-state index in [1.165, 1.54) is 6.08 Å². The first-order valence-electron chi connectivity index (χ1n) is 10.8. The molecule has 2 aromatic carbocycles. The Balaban J connectivity index is 1.72. The summed E-state index contributed by atoms with van der Waals surface area (Å²) in [6.07, 6.45) is 3.72. The summed E-state index contributed by atoms with van der Waals surface area (Å²) in [5.74, 6) is -0.867. The Kier molecular flexibility index (Phi) is 5.57. The molecular formula is C26H27N3O4. The lowest BCUT2D eigenvalue weighted by Gasteiger charge is -2.40. The molecule has 0 spiro atoms. The number of imide groups is 2. The number of hydrogen-bond acceptors (Lipinski definition) is 5. The number of benzene rings is 2. The molecule has 1 fully saturated rings. The zero-order valence-electron chi connectivity index (χ0n) is 19.4. The van der Waals surface area contributed by atoms with Gasteiger partial charge in [-0.15, -0.1) is 0 Å². The van der Waals surface area contributed by atoms with Crippen molar-refractivity contribution in [2.75, 3.05) is 23.5 Å². The predicted octanol–water partition coefficient (Wildman–Crippen LogP) is 4.38. The largest absolute Gasteiger partial charge is 0.494 e. The maximum Gasteiger partial charge on any atom is 0.335 e. The van der Waals surface area contributed by atoms with Gasteiger partial charge in [-0.1, -0.05) is 18.2 Å². The maximum atomic E-state index is 13.2. The molecule has 1 saturated heterocycles. The third-order valence-electron chi connectivity index (χ3n) is 6.04. The van der Waals surface area contributed by atoms with Crippen molar-refractivity contribution in [3.63, 3.8) is 0 Å². The molecule has 7 heteroatoms. The number of amides is 4. The normalized spacial score (nSPS) is 18.8. The number of anilines is 2. The maximum absolute atomic E-state index is 13.2. The van der Waals surface area contributed by atoms with Gasteiger partial charge in [0.1, 0.15) is 11.3 Å². The van der Waals surface area contributed by atoms with Crippen LogP contribution in [0.5, 0.6) is 5.75 Å². The number of carbonyl (C=O) groups excluding carboxylic acids is 3. The van der Waals surface area contributed by atoms with Gasteiger partial charge < -0.3 is 9.64 Å². The van der Waals surface area contributed by atoms with E-state index in [2.05, 4.69) is 37.1 Å². The highest BCUT2D eigenvalue weighted by atomic mass is 16.5. The summed E-state index contributed by atoms with van der Waals surface area (Å²) in [6, 6.07) is 11.7. The van der Waals surface area contributed by atoms with Crippen molar-refractivity contribution in [3.05, 3.63) is 65.2 Å². The van der Waals surface area contributed by atoms with Crippen LogP contribution in [0, 0.1) is 0 Å². The Morgan fingerprint density at radius 2 is 1.85 bits per heavy atom. The number of fused-ring (bicyclic) bond motifs is 1. The van der Waals surface area contributed by atoms with Gasteiger partial charge in [0.05, 0.1) is 17.8 Å². The number of carbonyl (C=O) groups is 3. The lowest BCUT2D eigenvalue weighted by Crippen LogP contribution is -2.54. The Hall–Kier alpha value is -3.87. The summed E-state index contributed by atoms with van der Waals surface area (Å²) in [5, 5.41) is 2.27. The molecule has 0 unspecified atom stereocenters. The van der Waals surface area contributed by atoms with Crippen molar-refractivity contribution in [1.29, 1.82) is 0 Å². The predicted molar refractivity (Wildman–Crippen MR) is 129 cm³/mol. The molecule has 33 heavy (non-hydrogen) atoms. The lowest BCUT2D eigenvalue weighted by molar-refractivity contribution is -0.122. The zero-order chi connectivity index (χ0) is 23.9. The Morgan fingerprint density at radius 1 is 1.09 bits per heavy atom. The summed E-state index contributed by atoms with van der Waals surface area (Å²) in [5.41, 5.74) is 4.03. The molecule has 4 rings (SSSR count). The Labute approximate surface area is 193 Å². The van der Waals surface area contributed by atoms with Gasteiger partial charge in [-0.25, -0.2) is 9.69 Å². The fourth-order valence-corrected chi connectivity index (χ4v) is 4.20. The van der Waals surface area contributed by atoms with E-state index in [4.69, 9.17) is 4.74 Å². The molecule has 0 saturated carbocycles. The highest BCUT2D eigenvalue weighted by Crippen LogP contribution is 2.38. The van der Waals surface area contributed by atoms with Crippen molar-refractivity contribution in [2.24, 2.45) is 0 Å². The van der Waals surface area contributed by atoms with Crippen LogP contribution in [0.25, 0.3) is 11.6 Å². The number of allylic oxidation sites excluding steroid dienone is 1. The van der Waals surface area contributed by atoms with Crippen LogP contribution in [0.1, 0.15) is 38.8 Å². The first-order chi connectivity index (χ1) is 15.6. The van der Waals surface area contributed by atoms with Gasteiger partial charge >= 0.3 is 6.03 Å². The van der Waals surface area contributed by atoms with Crippen molar-refractivity contribution in [2.45, 2.75) is 33.2 Å². The van der Waals surface area contributed by atoms with Gasteiger partial charge in [-0.2, -0.15) is 0 Å². The Bertz CT molecular complexity index is 1230. The molecule has 4 amide bonds. The van der Waals surface area contributed by atoms with Gasteiger partial charge in [-0.05, 0) is 69.2 Å². The molecule has 2 heterocycles. The minimum absolute atomic E-state index is 0.109. The van der Waals surface area contributed by atoms with E-state index in [-0.39, 0.29) is 11.1 Å². The zero-order valence-corrected chi connectivity index (χ0v) is 19.4. The summed E-state index contributed by atoms with van der Waals surface area (Å²) in [6.45, 7) is 8.64. The molecular weight excluding hydrogens is 418 g/mol. The van der Waals surface area contributed by atoms with Gasteiger partial charge in [-0.3, -0.25) is 14.9 Å². The molecule has 0 aromatic heterocycles. The number of ether oxygens (including phenoxy) is 1. The molecule has 2 aliphatic heterocycles. The third kappa shape index (κ3) is 4.02. The topological polar surface area (TPSA) is 79.0 Å².